The topological polar surface area (TPSA) is 26.3 Å². The van der Waals surface area contributed by atoms with Crippen molar-refractivity contribution in [1.82, 2.24) is 0 Å². The molecule has 0 N–H and O–H groups in total. The van der Waals surface area contributed by atoms with Crippen LogP contribution in [0.2, 0.25) is 0 Å². The van der Waals surface area contributed by atoms with Crippen LogP contribution in [-0.4, -0.2) is 17.5 Å². The molecule has 17 heavy (non-hydrogen) atoms. The van der Waals surface area contributed by atoms with E-state index in [0.717, 1.165) is 0 Å². The Hall–Kier alpha value is -1.15. The average Bonchev–Trinajstić information content (AvgIpc) is 2.58. The fraction of sp³-hybridized carbons (Fsp3) is 0.533. The van der Waals surface area contributed by atoms with Crippen LogP contribution in [0.5, 0.6) is 0 Å². The van der Waals surface area contributed by atoms with Gasteiger partial charge in [0.1, 0.15) is 5.78 Å². The minimum absolute atomic E-state index is 0.0323. The van der Waals surface area contributed by atoms with Crippen LogP contribution in [0.15, 0.2) is 30.3 Å². The quantitative estimate of drug-likeness (QED) is 0.782. The van der Waals surface area contributed by atoms with Gasteiger partial charge in [0.2, 0.25) is 0 Å². The lowest BCUT2D eigenvalue weighted by Gasteiger charge is -2.28. The molecule has 1 aliphatic rings. The number of Topliss-reactive ketones (excluding diaryl/α,β-unsaturated/α-hetero) is 1. The van der Waals surface area contributed by atoms with E-state index in [9.17, 15) is 4.79 Å². The van der Waals surface area contributed by atoms with Crippen molar-refractivity contribution in [2.75, 3.05) is 0 Å². The summed E-state index contributed by atoms with van der Waals surface area (Å²) in [7, 11) is 0. The number of carbonyl (C=O) groups excluding carboxylic acids is 1. The van der Waals surface area contributed by atoms with Gasteiger partial charge in [-0.05, 0) is 26.3 Å². The second-order valence-electron chi connectivity index (χ2n) is 5.73. The normalized spacial score (nSPS) is 25.2. The smallest absolute Gasteiger partial charge is 0.136 e. The van der Waals surface area contributed by atoms with E-state index in [1.54, 1.807) is 0 Å². The maximum Gasteiger partial charge on any atom is 0.136 e. The minimum Gasteiger partial charge on any atom is -0.372 e. The lowest BCUT2D eigenvalue weighted by atomic mass is 9.95. The maximum absolute atomic E-state index is 11.6. The predicted octanol–water partition coefficient (Wildman–Crippen LogP) is 3.32. The number of carbonyl (C=O) groups is 1. The largest absolute Gasteiger partial charge is 0.372 e. The summed E-state index contributed by atoms with van der Waals surface area (Å²) in [6.45, 7) is 6.12. The standard InChI is InChI=1S/C15H20O2/c1-15(2,3)17-14-10-12(16)9-13(14)11-7-5-4-6-8-11/h4-8,13-14H,9-10H2,1-3H3/t13-,14+/m0/s1. The molecule has 0 saturated heterocycles. The zero-order chi connectivity index (χ0) is 12.5. The number of benzene rings is 1. The Balaban J connectivity index is 2.17. The van der Waals surface area contributed by atoms with E-state index >= 15 is 0 Å². The first kappa shape index (κ1) is 12.3. The summed E-state index contributed by atoms with van der Waals surface area (Å²) < 4.78 is 6.02. The van der Waals surface area contributed by atoms with Crippen molar-refractivity contribution in [3.63, 3.8) is 0 Å². The molecule has 2 heteroatoms. The Morgan fingerprint density at radius 3 is 2.35 bits per heavy atom. The van der Waals surface area contributed by atoms with Crippen molar-refractivity contribution in [3.05, 3.63) is 35.9 Å². The molecule has 0 heterocycles. The first-order valence-corrected chi connectivity index (χ1v) is 6.20. The van der Waals surface area contributed by atoms with Gasteiger partial charge in [0.15, 0.2) is 0 Å². The first-order chi connectivity index (χ1) is 7.96. The lowest BCUT2D eigenvalue weighted by molar-refractivity contribution is -0.119. The molecule has 1 aliphatic carbocycles. The second kappa shape index (κ2) is 4.61. The molecule has 0 aromatic heterocycles. The Morgan fingerprint density at radius 2 is 1.76 bits per heavy atom. The van der Waals surface area contributed by atoms with E-state index in [1.165, 1.54) is 5.56 Å². The number of rotatable bonds is 2. The van der Waals surface area contributed by atoms with Crippen LogP contribution in [-0.2, 0) is 9.53 Å². The maximum atomic E-state index is 11.6. The van der Waals surface area contributed by atoms with Crippen LogP contribution in [0.25, 0.3) is 0 Å². The highest BCUT2D eigenvalue weighted by molar-refractivity contribution is 5.82. The molecule has 0 amide bonds. The summed E-state index contributed by atoms with van der Waals surface area (Å²) in [6.07, 6.45) is 1.20. The van der Waals surface area contributed by atoms with Crippen molar-refractivity contribution in [3.8, 4) is 0 Å². The molecule has 1 aromatic rings. The van der Waals surface area contributed by atoms with Crippen LogP contribution in [0.1, 0.15) is 45.1 Å². The third-order valence-electron chi connectivity index (χ3n) is 3.06. The number of ketones is 1. The molecule has 2 nitrogen and oxygen atoms in total. The highest BCUT2D eigenvalue weighted by atomic mass is 16.5. The van der Waals surface area contributed by atoms with Crippen molar-refractivity contribution in [2.45, 2.75) is 51.2 Å². The van der Waals surface area contributed by atoms with Gasteiger partial charge in [-0.15, -0.1) is 0 Å². The van der Waals surface area contributed by atoms with Crippen LogP contribution in [0.3, 0.4) is 0 Å². The molecule has 1 saturated carbocycles. The number of hydrogen-bond acceptors (Lipinski definition) is 2. The molecule has 0 aliphatic heterocycles. The molecule has 1 fully saturated rings. The van der Waals surface area contributed by atoms with E-state index in [4.69, 9.17) is 4.74 Å². The summed E-state index contributed by atoms with van der Waals surface area (Å²) >= 11 is 0. The highest BCUT2D eigenvalue weighted by Gasteiger charge is 2.36. The molecule has 2 atom stereocenters. The zero-order valence-corrected chi connectivity index (χ0v) is 10.8. The Labute approximate surface area is 103 Å². The summed E-state index contributed by atoms with van der Waals surface area (Å²) in [6, 6.07) is 10.2. The van der Waals surface area contributed by atoms with E-state index in [2.05, 4.69) is 12.1 Å². The molecule has 92 valence electrons. The molecular formula is C15H20O2. The molecular weight excluding hydrogens is 212 g/mol. The van der Waals surface area contributed by atoms with E-state index in [1.807, 2.05) is 39.0 Å². The van der Waals surface area contributed by atoms with Gasteiger partial charge in [0.25, 0.3) is 0 Å². The Morgan fingerprint density at radius 1 is 1.12 bits per heavy atom. The van der Waals surface area contributed by atoms with Gasteiger partial charge >= 0.3 is 0 Å². The Bertz CT molecular complexity index is 389. The molecule has 1 aromatic carbocycles. The van der Waals surface area contributed by atoms with Crippen LogP contribution in [0.4, 0.5) is 0 Å². The summed E-state index contributed by atoms with van der Waals surface area (Å²) in [5, 5.41) is 0. The first-order valence-electron chi connectivity index (χ1n) is 6.20. The van der Waals surface area contributed by atoms with Crippen molar-refractivity contribution < 1.29 is 9.53 Å². The van der Waals surface area contributed by atoms with Crippen LogP contribution < -0.4 is 0 Å². The number of ether oxygens (including phenoxy) is 1. The molecule has 0 radical (unpaired) electrons. The van der Waals surface area contributed by atoms with Gasteiger partial charge in [0.05, 0.1) is 11.7 Å². The third kappa shape index (κ3) is 3.16. The highest BCUT2D eigenvalue weighted by Crippen LogP contribution is 2.36. The van der Waals surface area contributed by atoms with Gasteiger partial charge in [-0.3, -0.25) is 4.79 Å². The predicted molar refractivity (Wildman–Crippen MR) is 68.1 cm³/mol. The van der Waals surface area contributed by atoms with Gasteiger partial charge in [-0.1, -0.05) is 30.3 Å². The van der Waals surface area contributed by atoms with Crippen molar-refractivity contribution in [2.24, 2.45) is 0 Å². The molecule has 0 spiro atoms. The van der Waals surface area contributed by atoms with E-state index in [-0.39, 0.29) is 17.6 Å². The van der Waals surface area contributed by atoms with E-state index in [0.29, 0.717) is 18.6 Å². The molecule has 0 unspecified atom stereocenters. The van der Waals surface area contributed by atoms with Gasteiger partial charge in [0, 0.05) is 18.8 Å². The fourth-order valence-corrected chi connectivity index (χ4v) is 2.44. The van der Waals surface area contributed by atoms with Gasteiger partial charge < -0.3 is 4.74 Å². The monoisotopic (exact) mass is 232 g/mol. The van der Waals surface area contributed by atoms with Gasteiger partial charge in [-0.2, -0.15) is 0 Å². The van der Waals surface area contributed by atoms with Crippen molar-refractivity contribution >= 4 is 5.78 Å². The van der Waals surface area contributed by atoms with Gasteiger partial charge in [-0.25, -0.2) is 0 Å². The zero-order valence-electron chi connectivity index (χ0n) is 10.8. The average molecular weight is 232 g/mol. The van der Waals surface area contributed by atoms with Crippen LogP contribution >= 0.6 is 0 Å². The van der Waals surface area contributed by atoms with E-state index < -0.39 is 0 Å². The summed E-state index contributed by atoms with van der Waals surface area (Å²) in [4.78, 5) is 11.6. The minimum atomic E-state index is -0.192. The third-order valence-corrected chi connectivity index (χ3v) is 3.06. The second-order valence-corrected chi connectivity index (χ2v) is 5.73. The summed E-state index contributed by atoms with van der Waals surface area (Å²) in [5.41, 5.74) is 1.02. The van der Waals surface area contributed by atoms with Crippen LogP contribution in [0, 0.1) is 0 Å². The van der Waals surface area contributed by atoms with Crippen molar-refractivity contribution in [1.29, 1.82) is 0 Å². The lowest BCUT2D eigenvalue weighted by Crippen LogP contribution is -2.29. The molecule has 2 rings (SSSR count). The molecule has 0 bridgehead atoms. The summed E-state index contributed by atoms with van der Waals surface area (Å²) in [5.74, 6) is 0.538. The SMILES string of the molecule is CC(C)(C)O[C@@H]1CC(=O)C[C@H]1c1ccccc1. The number of hydrogen-bond donors (Lipinski definition) is 0. The fourth-order valence-electron chi connectivity index (χ4n) is 2.44. The Kier molecular flexibility index (Phi) is 3.34.